The molecule has 0 heterocycles. The van der Waals surface area contributed by atoms with Gasteiger partial charge in [-0.05, 0) is 51.4 Å². The molecule has 0 spiro atoms. The molecular formula is C72H141NO5. The van der Waals surface area contributed by atoms with Crippen LogP contribution in [-0.4, -0.2) is 47.4 Å². The van der Waals surface area contributed by atoms with Crippen molar-refractivity contribution >= 4 is 11.9 Å². The standard InChI is InChI=1S/C72H141NO5/c1-3-5-7-9-11-13-15-17-19-21-23-25-29-32-36-40-44-48-52-56-60-64-70(75)69(68-74)73-71(76)65-61-57-53-49-45-41-37-33-30-26-24-27-31-35-39-43-47-51-55-59-63-67-78-72(77)66-62-58-54-50-46-42-38-34-28-22-20-18-16-14-12-10-8-6-4-2/h26,30,69-70,74-75H,3-25,27-29,31-68H2,1-2H3,(H,73,76)/b30-26-. The van der Waals surface area contributed by atoms with Crippen molar-refractivity contribution in [2.75, 3.05) is 13.2 Å². The minimum atomic E-state index is -0.670. The summed E-state index contributed by atoms with van der Waals surface area (Å²) in [5, 5.41) is 23.4. The highest BCUT2D eigenvalue weighted by Gasteiger charge is 2.20. The van der Waals surface area contributed by atoms with Gasteiger partial charge in [0.15, 0.2) is 0 Å². The van der Waals surface area contributed by atoms with Crippen molar-refractivity contribution in [3.63, 3.8) is 0 Å². The zero-order chi connectivity index (χ0) is 56.4. The number of rotatable bonds is 68. The summed E-state index contributed by atoms with van der Waals surface area (Å²) >= 11 is 0. The van der Waals surface area contributed by atoms with E-state index in [0.717, 1.165) is 38.5 Å². The van der Waals surface area contributed by atoms with Crippen LogP contribution in [-0.2, 0) is 14.3 Å². The third kappa shape index (κ3) is 63.8. The Morgan fingerprint density at radius 1 is 0.346 bits per heavy atom. The van der Waals surface area contributed by atoms with Gasteiger partial charge < -0.3 is 20.3 Å². The molecule has 0 aromatic rings. The Bertz CT molecular complexity index is 1180. The Hall–Kier alpha value is -1.40. The summed E-state index contributed by atoms with van der Waals surface area (Å²) in [6.07, 6.45) is 84.0. The molecule has 0 saturated heterocycles. The summed E-state index contributed by atoms with van der Waals surface area (Å²) < 4.78 is 5.51. The number of allylic oxidation sites excluding steroid dienone is 2. The fourth-order valence-electron chi connectivity index (χ4n) is 11.6. The highest BCUT2D eigenvalue weighted by Crippen LogP contribution is 2.19. The molecule has 0 rings (SSSR count). The van der Waals surface area contributed by atoms with Crippen LogP contribution in [0.25, 0.3) is 0 Å². The highest BCUT2D eigenvalue weighted by atomic mass is 16.5. The first-order chi connectivity index (χ1) is 38.5. The quantitative estimate of drug-likeness (QED) is 0.0320. The molecule has 0 radical (unpaired) electrons. The van der Waals surface area contributed by atoms with Crippen molar-refractivity contribution in [3.05, 3.63) is 12.2 Å². The monoisotopic (exact) mass is 1100 g/mol. The maximum Gasteiger partial charge on any atom is 0.305 e. The van der Waals surface area contributed by atoms with E-state index in [0.29, 0.717) is 25.9 Å². The number of ether oxygens (including phenoxy) is 1. The van der Waals surface area contributed by atoms with Gasteiger partial charge in [0.2, 0.25) is 5.91 Å². The molecule has 78 heavy (non-hydrogen) atoms. The van der Waals surface area contributed by atoms with Crippen molar-refractivity contribution in [3.8, 4) is 0 Å². The lowest BCUT2D eigenvalue weighted by molar-refractivity contribution is -0.143. The van der Waals surface area contributed by atoms with Crippen LogP contribution in [0.1, 0.15) is 412 Å². The lowest BCUT2D eigenvalue weighted by Gasteiger charge is -2.22. The van der Waals surface area contributed by atoms with Crippen LogP contribution in [0, 0.1) is 0 Å². The molecule has 0 saturated carbocycles. The fraction of sp³-hybridized carbons (Fsp3) is 0.944. The molecule has 2 atom stereocenters. The molecule has 0 fully saturated rings. The van der Waals surface area contributed by atoms with Crippen LogP contribution in [0.2, 0.25) is 0 Å². The summed E-state index contributed by atoms with van der Waals surface area (Å²) in [6.45, 7) is 5.00. The van der Waals surface area contributed by atoms with E-state index >= 15 is 0 Å². The van der Waals surface area contributed by atoms with Crippen molar-refractivity contribution in [1.82, 2.24) is 5.32 Å². The average Bonchev–Trinajstić information content (AvgIpc) is 3.44. The van der Waals surface area contributed by atoms with E-state index in [-0.39, 0.29) is 18.5 Å². The first-order valence-electron chi connectivity index (χ1n) is 35.9. The Kier molecular flexibility index (Phi) is 66.9. The molecule has 6 heteroatoms. The van der Waals surface area contributed by atoms with Gasteiger partial charge in [0.05, 0.1) is 25.4 Å². The van der Waals surface area contributed by atoms with Gasteiger partial charge in [0.25, 0.3) is 0 Å². The molecule has 0 aromatic heterocycles. The number of amides is 1. The molecule has 2 unspecified atom stereocenters. The van der Waals surface area contributed by atoms with Crippen molar-refractivity contribution in [2.24, 2.45) is 0 Å². The minimum Gasteiger partial charge on any atom is -0.466 e. The first-order valence-corrected chi connectivity index (χ1v) is 35.9. The Morgan fingerprint density at radius 2 is 0.603 bits per heavy atom. The predicted molar refractivity (Wildman–Crippen MR) is 343 cm³/mol. The highest BCUT2D eigenvalue weighted by molar-refractivity contribution is 5.76. The molecule has 0 bridgehead atoms. The summed E-state index contributed by atoms with van der Waals surface area (Å²) in [6, 6.07) is -0.548. The van der Waals surface area contributed by atoms with Crippen LogP contribution in [0.5, 0.6) is 0 Å². The zero-order valence-corrected chi connectivity index (χ0v) is 53.2. The molecule has 0 aliphatic heterocycles. The van der Waals surface area contributed by atoms with Gasteiger partial charge in [-0.2, -0.15) is 0 Å². The summed E-state index contributed by atoms with van der Waals surface area (Å²) in [5.74, 6) is -0.0235. The van der Waals surface area contributed by atoms with Crippen LogP contribution >= 0.6 is 0 Å². The fourth-order valence-corrected chi connectivity index (χ4v) is 11.6. The second-order valence-corrected chi connectivity index (χ2v) is 24.9. The van der Waals surface area contributed by atoms with E-state index < -0.39 is 12.1 Å². The van der Waals surface area contributed by atoms with E-state index in [4.69, 9.17) is 4.74 Å². The van der Waals surface area contributed by atoms with E-state index in [2.05, 4.69) is 31.3 Å². The molecule has 3 N–H and O–H groups in total. The van der Waals surface area contributed by atoms with Gasteiger partial charge in [-0.15, -0.1) is 0 Å². The van der Waals surface area contributed by atoms with Gasteiger partial charge in [0, 0.05) is 12.8 Å². The topological polar surface area (TPSA) is 95.9 Å². The molecular weight excluding hydrogens is 959 g/mol. The second kappa shape index (κ2) is 68.1. The third-order valence-electron chi connectivity index (χ3n) is 17.1. The van der Waals surface area contributed by atoms with Crippen molar-refractivity contribution in [1.29, 1.82) is 0 Å². The van der Waals surface area contributed by atoms with Gasteiger partial charge in [-0.3, -0.25) is 9.59 Å². The summed E-state index contributed by atoms with van der Waals surface area (Å²) in [5.41, 5.74) is 0. The predicted octanol–water partition coefficient (Wildman–Crippen LogP) is 23.1. The number of hydrogen-bond acceptors (Lipinski definition) is 5. The second-order valence-electron chi connectivity index (χ2n) is 24.9. The van der Waals surface area contributed by atoms with E-state index in [1.54, 1.807) is 0 Å². The smallest absolute Gasteiger partial charge is 0.305 e. The van der Waals surface area contributed by atoms with Gasteiger partial charge in [0.1, 0.15) is 0 Å². The number of aliphatic hydroxyl groups is 2. The number of carbonyl (C=O) groups is 2. The SMILES string of the molecule is CCCCCCCCCCCCCCCCCCCCCCCC(O)C(CO)NC(=O)CCCCCCCCC/C=C\CCCCCCCCCCCCOC(=O)CCCCCCCCCCCCCCCCCCCCC. The van der Waals surface area contributed by atoms with E-state index in [1.165, 1.54) is 340 Å². The maximum absolute atomic E-state index is 12.5. The van der Waals surface area contributed by atoms with Gasteiger partial charge in [-0.25, -0.2) is 0 Å². The largest absolute Gasteiger partial charge is 0.466 e. The molecule has 0 aliphatic rings. The summed E-state index contributed by atoms with van der Waals surface area (Å²) in [7, 11) is 0. The van der Waals surface area contributed by atoms with Crippen molar-refractivity contribution in [2.45, 2.75) is 424 Å². The van der Waals surface area contributed by atoms with Gasteiger partial charge in [-0.1, -0.05) is 360 Å². The van der Waals surface area contributed by atoms with Crippen LogP contribution in [0.3, 0.4) is 0 Å². The number of hydrogen-bond donors (Lipinski definition) is 3. The van der Waals surface area contributed by atoms with Crippen LogP contribution in [0.15, 0.2) is 12.2 Å². The molecule has 1 amide bonds. The lowest BCUT2D eigenvalue weighted by atomic mass is 10.0. The number of unbranched alkanes of at least 4 members (excludes halogenated alkanes) is 55. The Labute approximate surface area is 489 Å². The third-order valence-corrected chi connectivity index (χ3v) is 17.1. The lowest BCUT2D eigenvalue weighted by Crippen LogP contribution is -2.45. The molecule has 0 aromatic carbocycles. The number of nitrogens with one attached hydrogen (secondary N) is 1. The van der Waals surface area contributed by atoms with E-state index in [1.807, 2.05) is 0 Å². The maximum atomic E-state index is 12.5. The van der Waals surface area contributed by atoms with Crippen LogP contribution in [0.4, 0.5) is 0 Å². The number of carbonyl (C=O) groups excluding carboxylic acids is 2. The molecule has 464 valence electrons. The Morgan fingerprint density at radius 3 is 0.910 bits per heavy atom. The van der Waals surface area contributed by atoms with Crippen molar-refractivity contribution < 1.29 is 24.5 Å². The molecule has 6 nitrogen and oxygen atoms in total. The zero-order valence-electron chi connectivity index (χ0n) is 53.2. The molecule has 0 aliphatic carbocycles. The van der Waals surface area contributed by atoms with E-state index in [9.17, 15) is 19.8 Å². The minimum absolute atomic E-state index is 0.0144. The number of aliphatic hydroxyl groups excluding tert-OH is 2. The normalized spacial score (nSPS) is 12.5. The Balaban J connectivity index is 3.39. The number of esters is 1. The summed E-state index contributed by atoms with van der Waals surface area (Å²) in [4.78, 5) is 24.7. The van der Waals surface area contributed by atoms with Crippen LogP contribution < -0.4 is 5.32 Å². The first kappa shape index (κ1) is 76.6. The van der Waals surface area contributed by atoms with Gasteiger partial charge >= 0.3 is 5.97 Å². The average molecular weight is 1100 g/mol.